The number of carbonyl (C=O) groups is 1. The molecule has 136 valence electrons. The third-order valence-corrected chi connectivity index (χ3v) is 3.09. The van der Waals surface area contributed by atoms with Crippen LogP contribution in [0.4, 0.5) is 4.39 Å². The smallest absolute Gasteiger partial charge is 0.303 e. The van der Waals surface area contributed by atoms with Crippen molar-refractivity contribution in [2.75, 3.05) is 6.54 Å². The first-order valence-electron chi connectivity index (χ1n) is 8.06. The van der Waals surface area contributed by atoms with Gasteiger partial charge in [0.05, 0.1) is 6.10 Å². The van der Waals surface area contributed by atoms with Crippen LogP contribution in [0, 0.1) is 5.82 Å². The molecule has 0 saturated carbocycles. The minimum absolute atomic E-state index is 0.0869. The predicted molar refractivity (Wildman–Crippen MR) is 94.6 cm³/mol. The van der Waals surface area contributed by atoms with Gasteiger partial charge in [0.1, 0.15) is 23.1 Å². The number of nitrogens with two attached hydrogens (primary N) is 1. The zero-order valence-electron chi connectivity index (χ0n) is 14.4. The summed E-state index contributed by atoms with van der Waals surface area (Å²) in [5, 5.41) is 7.72. The Morgan fingerprint density at radius 3 is 1.96 bits per heavy atom. The molecular weight excluding hydrogens is 325 g/mol. The molecule has 0 saturated heterocycles. The quantitative estimate of drug-likeness (QED) is 0.782. The van der Waals surface area contributed by atoms with Gasteiger partial charge in [-0.1, -0.05) is 6.92 Å². The number of hydrogen-bond acceptors (Lipinski definition) is 4. The van der Waals surface area contributed by atoms with Crippen LogP contribution in [0.15, 0.2) is 48.5 Å². The minimum atomic E-state index is -0.745. The number of ether oxygens (including phenoxy) is 2. The van der Waals surface area contributed by atoms with Crippen LogP contribution in [-0.4, -0.2) is 23.7 Å². The molecule has 5 nitrogen and oxygen atoms in total. The lowest BCUT2D eigenvalue weighted by atomic mass is 10.2. The number of halogens is 1. The highest BCUT2D eigenvalue weighted by Gasteiger charge is 2.03. The molecule has 2 aromatic rings. The van der Waals surface area contributed by atoms with Crippen LogP contribution in [0.5, 0.6) is 17.2 Å². The second kappa shape index (κ2) is 11.0. The Kier molecular flexibility index (Phi) is 9.03. The maximum Gasteiger partial charge on any atom is 0.303 e. The summed E-state index contributed by atoms with van der Waals surface area (Å²) < 4.78 is 24.1. The fraction of sp³-hybridized carbons (Fsp3) is 0.316. The van der Waals surface area contributed by atoms with Gasteiger partial charge in [-0.05, 0) is 68.4 Å². The second-order valence-corrected chi connectivity index (χ2v) is 5.28. The maximum atomic E-state index is 12.8. The van der Waals surface area contributed by atoms with Gasteiger partial charge in [-0.3, -0.25) is 4.79 Å². The summed E-state index contributed by atoms with van der Waals surface area (Å²) in [4.78, 5) is 9.37. The molecule has 0 aliphatic carbocycles. The van der Waals surface area contributed by atoms with Crippen molar-refractivity contribution in [3.8, 4) is 17.2 Å². The van der Waals surface area contributed by atoms with Gasteiger partial charge in [0, 0.05) is 6.42 Å². The van der Waals surface area contributed by atoms with Crippen LogP contribution in [0.25, 0.3) is 0 Å². The van der Waals surface area contributed by atoms with E-state index in [1.807, 2.05) is 31.2 Å². The van der Waals surface area contributed by atoms with Gasteiger partial charge < -0.3 is 20.3 Å². The lowest BCUT2D eigenvalue weighted by Gasteiger charge is -2.14. The van der Waals surface area contributed by atoms with Crippen LogP contribution < -0.4 is 15.2 Å². The summed E-state index contributed by atoms with van der Waals surface area (Å²) in [5.41, 5.74) is 5.48. The molecule has 1 unspecified atom stereocenters. The van der Waals surface area contributed by atoms with Crippen LogP contribution in [-0.2, 0) is 4.79 Å². The van der Waals surface area contributed by atoms with Crippen molar-refractivity contribution < 1.29 is 23.8 Å². The lowest BCUT2D eigenvalue weighted by molar-refractivity contribution is -0.136. The molecular formula is C19H24FNO4. The Hall–Kier alpha value is -2.60. The molecule has 0 spiro atoms. The monoisotopic (exact) mass is 349 g/mol. The molecule has 3 N–H and O–H groups in total. The van der Waals surface area contributed by atoms with Gasteiger partial charge >= 0.3 is 5.97 Å². The van der Waals surface area contributed by atoms with E-state index in [0.29, 0.717) is 18.0 Å². The molecule has 0 heterocycles. The van der Waals surface area contributed by atoms with Crippen molar-refractivity contribution in [1.82, 2.24) is 0 Å². The van der Waals surface area contributed by atoms with E-state index in [2.05, 4.69) is 0 Å². The summed E-state index contributed by atoms with van der Waals surface area (Å²) in [5.74, 6) is 1.02. The summed E-state index contributed by atoms with van der Waals surface area (Å²) in [7, 11) is 0. The number of carboxylic acid groups (broad SMARTS) is 1. The summed E-state index contributed by atoms with van der Waals surface area (Å²) in [6.07, 6.45) is 1.12. The van der Waals surface area contributed by atoms with Gasteiger partial charge in [0.15, 0.2) is 0 Å². The van der Waals surface area contributed by atoms with E-state index in [1.54, 1.807) is 19.1 Å². The highest BCUT2D eigenvalue weighted by molar-refractivity contribution is 5.66. The molecule has 0 bridgehead atoms. The Balaban J connectivity index is 0.000000550. The molecule has 0 aliphatic rings. The standard InChI is InChI=1S/C16H18FNO2.C3H6O2/c1-12(10-11-18)19-14-6-8-16(9-7-14)20-15-4-2-13(17)3-5-15;1-2-3(4)5/h2-9,12H,10-11,18H2,1H3;2H2,1H3,(H,4,5). The van der Waals surface area contributed by atoms with E-state index in [0.717, 1.165) is 12.2 Å². The molecule has 6 heteroatoms. The summed E-state index contributed by atoms with van der Waals surface area (Å²) >= 11 is 0. The first-order valence-corrected chi connectivity index (χ1v) is 8.06. The number of hydrogen-bond donors (Lipinski definition) is 2. The van der Waals surface area contributed by atoms with Crippen LogP contribution in [0.1, 0.15) is 26.7 Å². The molecule has 0 amide bonds. The number of aliphatic carboxylic acids is 1. The minimum Gasteiger partial charge on any atom is -0.491 e. The summed E-state index contributed by atoms with van der Waals surface area (Å²) in [6.45, 7) is 4.19. The van der Waals surface area contributed by atoms with Crippen molar-refractivity contribution in [3.05, 3.63) is 54.3 Å². The van der Waals surface area contributed by atoms with Crippen LogP contribution >= 0.6 is 0 Å². The first-order chi connectivity index (χ1) is 11.9. The average Bonchev–Trinajstić information content (AvgIpc) is 2.59. The second-order valence-electron chi connectivity index (χ2n) is 5.28. The third-order valence-electron chi connectivity index (χ3n) is 3.09. The number of benzene rings is 2. The molecule has 0 radical (unpaired) electrons. The van der Waals surface area contributed by atoms with Crippen LogP contribution in [0.2, 0.25) is 0 Å². The van der Waals surface area contributed by atoms with E-state index in [1.165, 1.54) is 12.1 Å². The molecule has 0 aromatic heterocycles. The Morgan fingerprint density at radius 2 is 1.52 bits per heavy atom. The number of carboxylic acids is 1. The molecule has 1 atom stereocenters. The Bertz CT molecular complexity index is 629. The highest BCUT2D eigenvalue weighted by Crippen LogP contribution is 2.24. The number of rotatable bonds is 7. The van der Waals surface area contributed by atoms with Gasteiger partial charge in [-0.25, -0.2) is 4.39 Å². The van der Waals surface area contributed by atoms with Crippen molar-refractivity contribution in [1.29, 1.82) is 0 Å². The lowest BCUT2D eigenvalue weighted by Crippen LogP contribution is -2.16. The van der Waals surface area contributed by atoms with Crippen molar-refractivity contribution >= 4 is 5.97 Å². The van der Waals surface area contributed by atoms with E-state index in [4.69, 9.17) is 20.3 Å². The van der Waals surface area contributed by atoms with Crippen molar-refractivity contribution in [3.63, 3.8) is 0 Å². The fourth-order valence-electron chi connectivity index (χ4n) is 1.75. The highest BCUT2D eigenvalue weighted by atomic mass is 19.1. The molecule has 25 heavy (non-hydrogen) atoms. The normalized spacial score (nSPS) is 11.0. The van der Waals surface area contributed by atoms with Gasteiger partial charge in [-0.2, -0.15) is 0 Å². The predicted octanol–water partition coefficient (Wildman–Crippen LogP) is 4.22. The van der Waals surface area contributed by atoms with E-state index in [-0.39, 0.29) is 18.3 Å². The molecule has 0 aliphatic heterocycles. The largest absolute Gasteiger partial charge is 0.491 e. The zero-order valence-corrected chi connectivity index (χ0v) is 14.4. The Labute approximate surface area is 147 Å². The molecule has 2 aromatic carbocycles. The maximum absolute atomic E-state index is 12.8. The van der Waals surface area contributed by atoms with Crippen LogP contribution in [0.3, 0.4) is 0 Å². The van der Waals surface area contributed by atoms with Gasteiger partial charge in [0.25, 0.3) is 0 Å². The third kappa shape index (κ3) is 8.72. The summed E-state index contributed by atoms with van der Waals surface area (Å²) in [6, 6.07) is 13.2. The van der Waals surface area contributed by atoms with Crippen molar-refractivity contribution in [2.24, 2.45) is 5.73 Å². The van der Waals surface area contributed by atoms with Crippen molar-refractivity contribution in [2.45, 2.75) is 32.8 Å². The first kappa shape index (κ1) is 20.4. The van der Waals surface area contributed by atoms with Gasteiger partial charge in [-0.15, -0.1) is 0 Å². The van der Waals surface area contributed by atoms with Gasteiger partial charge in [0.2, 0.25) is 0 Å². The fourth-order valence-corrected chi connectivity index (χ4v) is 1.75. The zero-order chi connectivity index (χ0) is 18.7. The SMILES string of the molecule is CC(CCN)Oc1ccc(Oc2ccc(F)cc2)cc1.CCC(=O)O. The van der Waals surface area contributed by atoms with E-state index >= 15 is 0 Å². The van der Waals surface area contributed by atoms with E-state index in [9.17, 15) is 9.18 Å². The Morgan fingerprint density at radius 1 is 1.08 bits per heavy atom. The average molecular weight is 349 g/mol. The molecule has 2 rings (SSSR count). The topological polar surface area (TPSA) is 81.8 Å². The van der Waals surface area contributed by atoms with E-state index < -0.39 is 5.97 Å². The molecule has 0 fully saturated rings.